The van der Waals surface area contributed by atoms with E-state index in [2.05, 4.69) is 39.2 Å². The lowest BCUT2D eigenvalue weighted by atomic mass is 10.2. The largest absolute Gasteiger partial charge is 0.415 e. The van der Waals surface area contributed by atoms with Gasteiger partial charge in [-0.15, -0.1) is 0 Å². The zero-order chi connectivity index (χ0) is 13.3. The fourth-order valence-electron chi connectivity index (χ4n) is 1.71. The lowest BCUT2D eigenvalue weighted by Gasteiger charge is -2.37. The van der Waals surface area contributed by atoms with Crippen molar-refractivity contribution in [2.24, 2.45) is 0 Å². The van der Waals surface area contributed by atoms with Gasteiger partial charge in [0.2, 0.25) is 0 Å². The summed E-state index contributed by atoms with van der Waals surface area (Å²) in [6.07, 6.45) is -0.903. The van der Waals surface area contributed by atoms with Gasteiger partial charge < -0.3 is 9.74 Å². The van der Waals surface area contributed by atoms with Crippen LogP contribution in [0.5, 0.6) is 0 Å². The van der Waals surface area contributed by atoms with E-state index in [1.807, 2.05) is 0 Å². The van der Waals surface area contributed by atoms with Gasteiger partial charge in [0.15, 0.2) is 8.32 Å². The van der Waals surface area contributed by atoms with Crippen molar-refractivity contribution in [3.05, 3.63) is 0 Å². The fourth-order valence-corrected chi connectivity index (χ4v) is 2.76. The maximum absolute atomic E-state index is 12.5. The number of hydrogen-bond acceptors (Lipinski definition) is 2. The van der Waals surface area contributed by atoms with E-state index in [0.29, 0.717) is 13.0 Å². The quantitative estimate of drug-likeness (QED) is 0.787. The Hall–Kier alpha value is -0.00312. The molecule has 1 aliphatic rings. The van der Waals surface area contributed by atoms with Crippen LogP contribution in [0.2, 0.25) is 18.1 Å². The van der Waals surface area contributed by atoms with E-state index in [-0.39, 0.29) is 11.1 Å². The summed E-state index contributed by atoms with van der Waals surface area (Å²) in [5, 5.41) is 3.14. The summed E-state index contributed by atoms with van der Waals surface area (Å²) in [7, 11) is -1.75. The predicted molar refractivity (Wildman–Crippen MR) is 69.1 cm³/mol. The first-order chi connectivity index (χ1) is 7.63. The van der Waals surface area contributed by atoms with Gasteiger partial charge in [-0.25, -0.2) is 8.78 Å². The molecule has 5 heteroatoms. The lowest BCUT2D eigenvalue weighted by Crippen LogP contribution is -2.45. The maximum Gasteiger partial charge on any atom is 0.253 e. The van der Waals surface area contributed by atoms with Gasteiger partial charge in [0.05, 0.1) is 6.04 Å². The average molecular weight is 265 g/mol. The summed E-state index contributed by atoms with van der Waals surface area (Å²) in [6.45, 7) is 11.5. The topological polar surface area (TPSA) is 21.3 Å². The molecule has 0 aromatic carbocycles. The molecule has 0 aromatic heterocycles. The first kappa shape index (κ1) is 15.1. The van der Waals surface area contributed by atoms with E-state index >= 15 is 0 Å². The van der Waals surface area contributed by atoms with E-state index in [1.165, 1.54) is 0 Å². The van der Waals surface area contributed by atoms with Crippen molar-refractivity contribution in [1.82, 2.24) is 5.32 Å². The van der Waals surface area contributed by atoms with Crippen LogP contribution < -0.4 is 5.32 Å². The molecule has 1 N–H and O–H groups in total. The molecule has 1 aliphatic heterocycles. The summed E-state index contributed by atoms with van der Waals surface area (Å²) in [4.78, 5) is 0. The molecule has 2 unspecified atom stereocenters. The zero-order valence-electron chi connectivity index (χ0n) is 11.5. The van der Waals surface area contributed by atoms with Crippen LogP contribution in [-0.2, 0) is 4.43 Å². The Morgan fingerprint density at radius 1 is 1.29 bits per heavy atom. The van der Waals surface area contributed by atoms with Gasteiger partial charge in [0.25, 0.3) is 6.43 Å². The third-order valence-corrected chi connectivity index (χ3v) is 8.53. The normalized spacial score (nSPS) is 26.8. The summed E-state index contributed by atoms with van der Waals surface area (Å²) < 4.78 is 31.0. The second-order valence-electron chi connectivity index (χ2n) is 6.45. The first-order valence-electron chi connectivity index (χ1n) is 6.31. The second-order valence-corrected chi connectivity index (χ2v) is 11.3. The van der Waals surface area contributed by atoms with Crippen LogP contribution in [0.15, 0.2) is 0 Å². The smallest absolute Gasteiger partial charge is 0.253 e. The third-order valence-electron chi connectivity index (χ3n) is 4.03. The highest BCUT2D eigenvalue weighted by Crippen LogP contribution is 2.36. The number of rotatable bonds is 4. The molecule has 102 valence electrons. The monoisotopic (exact) mass is 265 g/mol. The van der Waals surface area contributed by atoms with E-state index in [4.69, 9.17) is 4.43 Å². The van der Waals surface area contributed by atoms with Crippen molar-refractivity contribution in [3.8, 4) is 0 Å². The second kappa shape index (κ2) is 5.32. The highest BCUT2D eigenvalue weighted by Gasteiger charge is 2.38. The average Bonchev–Trinajstić information content (AvgIpc) is 2.61. The van der Waals surface area contributed by atoms with Gasteiger partial charge in [0, 0.05) is 12.6 Å². The molecule has 0 saturated carbocycles. The number of alkyl halides is 2. The maximum atomic E-state index is 12.5. The molecule has 2 atom stereocenters. The van der Waals surface area contributed by atoms with Crippen molar-refractivity contribution in [1.29, 1.82) is 0 Å². The Labute approximate surface area is 104 Å². The molecule has 1 rings (SSSR count). The van der Waals surface area contributed by atoms with Crippen molar-refractivity contribution >= 4 is 8.32 Å². The van der Waals surface area contributed by atoms with Crippen molar-refractivity contribution in [3.63, 3.8) is 0 Å². The molecule has 2 nitrogen and oxygen atoms in total. The Morgan fingerprint density at radius 2 is 1.88 bits per heavy atom. The van der Waals surface area contributed by atoms with E-state index in [9.17, 15) is 8.78 Å². The van der Waals surface area contributed by atoms with Crippen LogP contribution in [0.1, 0.15) is 33.6 Å². The summed E-state index contributed by atoms with van der Waals surface area (Å²) in [5.41, 5.74) is 0. The minimum absolute atomic E-state index is 0.100. The first-order valence-corrected chi connectivity index (χ1v) is 9.22. The van der Waals surface area contributed by atoms with Crippen LogP contribution in [-0.4, -0.2) is 33.4 Å². The van der Waals surface area contributed by atoms with Crippen LogP contribution in [0.4, 0.5) is 8.78 Å². The van der Waals surface area contributed by atoms with Gasteiger partial charge >= 0.3 is 0 Å². The van der Waals surface area contributed by atoms with E-state index < -0.39 is 20.8 Å². The molecule has 0 bridgehead atoms. The van der Waals surface area contributed by atoms with Crippen molar-refractivity contribution in [2.75, 3.05) is 6.61 Å². The van der Waals surface area contributed by atoms with Gasteiger partial charge in [-0.05, 0) is 31.0 Å². The predicted octanol–water partition coefficient (Wildman–Crippen LogP) is 3.39. The SMILES string of the molecule is CC(C)(C)[Si](C)(C)OCC1CCC(C(F)F)N1. The van der Waals surface area contributed by atoms with E-state index in [1.54, 1.807) is 0 Å². The number of hydrogen-bond donors (Lipinski definition) is 1. The Balaban J connectivity index is 2.38. The molecule has 1 saturated heterocycles. The summed E-state index contributed by atoms with van der Waals surface area (Å²) in [6, 6.07) is -0.536. The highest BCUT2D eigenvalue weighted by molar-refractivity contribution is 6.74. The number of nitrogens with one attached hydrogen (secondary N) is 1. The van der Waals surface area contributed by atoms with Gasteiger partial charge in [-0.2, -0.15) is 0 Å². The Bertz CT molecular complexity index is 253. The summed E-state index contributed by atoms with van der Waals surface area (Å²) >= 11 is 0. The summed E-state index contributed by atoms with van der Waals surface area (Å²) in [5.74, 6) is 0. The molecule has 0 amide bonds. The lowest BCUT2D eigenvalue weighted by molar-refractivity contribution is 0.103. The Morgan fingerprint density at radius 3 is 2.29 bits per heavy atom. The standard InChI is InChI=1S/C12H25F2NOSi/c1-12(2,3)17(4,5)16-8-9-6-7-10(15-9)11(13)14/h9-11,15H,6-8H2,1-5H3. The zero-order valence-corrected chi connectivity index (χ0v) is 12.5. The van der Waals surface area contributed by atoms with Crippen molar-refractivity contribution < 1.29 is 13.2 Å². The molecule has 0 spiro atoms. The highest BCUT2D eigenvalue weighted by atomic mass is 28.4. The van der Waals surface area contributed by atoms with E-state index in [0.717, 1.165) is 6.42 Å². The molecule has 17 heavy (non-hydrogen) atoms. The van der Waals surface area contributed by atoms with Crippen molar-refractivity contribution in [2.45, 2.75) is 70.3 Å². The van der Waals surface area contributed by atoms with Crippen LogP contribution in [0.3, 0.4) is 0 Å². The van der Waals surface area contributed by atoms with Crippen LogP contribution >= 0.6 is 0 Å². The van der Waals surface area contributed by atoms with Crippen LogP contribution in [0.25, 0.3) is 0 Å². The molecule has 0 aromatic rings. The molecule has 1 fully saturated rings. The minimum Gasteiger partial charge on any atom is -0.415 e. The van der Waals surface area contributed by atoms with Gasteiger partial charge in [0.1, 0.15) is 0 Å². The molecule has 1 heterocycles. The van der Waals surface area contributed by atoms with Gasteiger partial charge in [-0.1, -0.05) is 20.8 Å². The molecular formula is C12H25F2NOSi. The molecular weight excluding hydrogens is 240 g/mol. The molecule has 0 aliphatic carbocycles. The molecule has 0 radical (unpaired) electrons. The van der Waals surface area contributed by atoms with Crippen LogP contribution in [0, 0.1) is 0 Å². The van der Waals surface area contributed by atoms with Gasteiger partial charge in [-0.3, -0.25) is 0 Å². The Kier molecular flexibility index (Phi) is 4.71. The number of halogens is 2. The third kappa shape index (κ3) is 4.00. The minimum atomic E-state index is -2.26. The fraction of sp³-hybridized carbons (Fsp3) is 1.00.